The Bertz CT molecular complexity index is 689. The molecule has 2 aromatic rings. The Morgan fingerprint density at radius 3 is 2.30 bits per heavy atom. The molecule has 1 radical (unpaired) electrons. The fourth-order valence-electron chi connectivity index (χ4n) is 3.15. The average molecular weight is 261 g/mol. The molecule has 0 heterocycles. The minimum atomic E-state index is 1.08. The summed E-state index contributed by atoms with van der Waals surface area (Å²) in [7, 11) is 0. The number of aryl methyl sites for hydroxylation is 1. The summed E-state index contributed by atoms with van der Waals surface area (Å²) in [6, 6.07) is 13.2. The first kappa shape index (κ1) is 13.2. The highest BCUT2D eigenvalue weighted by atomic mass is 14.3. The van der Waals surface area contributed by atoms with E-state index in [1.807, 2.05) is 0 Å². The minimum absolute atomic E-state index is 1.08. The quantitative estimate of drug-likeness (QED) is 0.669. The molecule has 20 heavy (non-hydrogen) atoms. The molecule has 0 atom stereocenters. The van der Waals surface area contributed by atoms with Crippen LogP contribution < -0.4 is 0 Å². The molecule has 101 valence electrons. The molecule has 0 saturated heterocycles. The Hall–Kier alpha value is -1.82. The smallest absolute Gasteiger partial charge is 0.0349 e. The van der Waals surface area contributed by atoms with Crippen molar-refractivity contribution >= 4 is 11.6 Å². The summed E-state index contributed by atoms with van der Waals surface area (Å²) < 4.78 is 0. The maximum Gasteiger partial charge on any atom is 0.0349 e. The summed E-state index contributed by atoms with van der Waals surface area (Å²) in [6.07, 6.45) is 3.43. The summed E-state index contributed by atoms with van der Waals surface area (Å²) in [5, 5.41) is 0. The van der Waals surface area contributed by atoms with Gasteiger partial charge in [0.1, 0.15) is 0 Å². The summed E-state index contributed by atoms with van der Waals surface area (Å²) in [5.41, 5.74) is 9.76. The number of rotatable bonds is 2. The van der Waals surface area contributed by atoms with Crippen LogP contribution in [0.3, 0.4) is 0 Å². The van der Waals surface area contributed by atoms with Gasteiger partial charge in [-0.05, 0) is 72.2 Å². The van der Waals surface area contributed by atoms with Crippen LogP contribution in [-0.2, 0) is 0 Å². The molecule has 0 aromatic heterocycles. The Balaban J connectivity index is 2.15. The number of benzene rings is 2. The van der Waals surface area contributed by atoms with Crippen molar-refractivity contribution in [3.8, 4) is 0 Å². The van der Waals surface area contributed by atoms with Gasteiger partial charge < -0.3 is 0 Å². The lowest BCUT2D eigenvalue weighted by Crippen LogP contribution is -2.01. The van der Waals surface area contributed by atoms with Crippen molar-refractivity contribution in [2.24, 2.45) is 0 Å². The van der Waals surface area contributed by atoms with E-state index in [-0.39, 0.29) is 0 Å². The highest BCUT2D eigenvalue weighted by molar-refractivity contribution is 5.99. The van der Waals surface area contributed by atoms with E-state index in [4.69, 9.17) is 0 Å². The van der Waals surface area contributed by atoms with Crippen LogP contribution in [0.4, 0.5) is 0 Å². The lowest BCUT2D eigenvalue weighted by atomic mass is 9.85. The third-order valence-electron chi connectivity index (χ3n) is 4.61. The van der Waals surface area contributed by atoms with Crippen molar-refractivity contribution in [2.45, 2.75) is 34.1 Å². The normalized spacial score (nSPS) is 14.3. The third kappa shape index (κ3) is 1.91. The van der Waals surface area contributed by atoms with Crippen molar-refractivity contribution in [2.75, 3.05) is 0 Å². The van der Waals surface area contributed by atoms with Gasteiger partial charge >= 0.3 is 0 Å². The van der Waals surface area contributed by atoms with Crippen molar-refractivity contribution < 1.29 is 0 Å². The first-order chi connectivity index (χ1) is 9.63. The lowest BCUT2D eigenvalue weighted by molar-refractivity contribution is 1.04. The first-order valence-corrected chi connectivity index (χ1v) is 7.38. The Morgan fingerprint density at radius 1 is 0.800 bits per heavy atom. The highest BCUT2D eigenvalue weighted by Gasteiger charge is 2.26. The van der Waals surface area contributed by atoms with E-state index >= 15 is 0 Å². The zero-order chi connectivity index (χ0) is 14.3. The molecule has 0 saturated carbocycles. The van der Waals surface area contributed by atoms with Gasteiger partial charge in [-0.2, -0.15) is 0 Å². The molecule has 0 amide bonds. The van der Waals surface area contributed by atoms with Crippen LogP contribution in [0.1, 0.15) is 46.7 Å². The molecule has 1 aliphatic carbocycles. The maximum atomic E-state index is 2.35. The van der Waals surface area contributed by atoms with E-state index in [1.54, 1.807) is 0 Å². The van der Waals surface area contributed by atoms with Gasteiger partial charge in [0, 0.05) is 5.92 Å². The average Bonchev–Trinajstić information content (AvgIpc) is 2.83. The zero-order valence-corrected chi connectivity index (χ0v) is 12.7. The highest BCUT2D eigenvalue weighted by Crippen LogP contribution is 2.44. The molecular weight excluding hydrogens is 240 g/mol. The van der Waals surface area contributed by atoms with E-state index in [9.17, 15) is 0 Å². The Kier molecular flexibility index (Phi) is 3.25. The minimum Gasteiger partial charge on any atom is -0.0642 e. The first-order valence-electron chi connectivity index (χ1n) is 7.38. The standard InChI is InChI=1S/C20H21/c1-5-17-19-9-7-6-8-16(19)12-20(17)18-11-10-13(2)14(3)15(18)4/h6-12H,5H2,1-4H3. The molecule has 0 unspecified atom stereocenters. The van der Waals surface area contributed by atoms with E-state index in [0.717, 1.165) is 6.42 Å². The van der Waals surface area contributed by atoms with Gasteiger partial charge in [0.05, 0.1) is 0 Å². The lowest BCUT2D eigenvalue weighted by Gasteiger charge is -2.18. The van der Waals surface area contributed by atoms with E-state index in [2.05, 4.69) is 70.2 Å². The summed E-state index contributed by atoms with van der Waals surface area (Å²) in [6.45, 7) is 8.91. The fraction of sp³-hybridized carbons (Fsp3) is 0.250. The molecule has 0 fully saturated rings. The molecule has 3 rings (SSSR count). The van der Waals surface area contributed by atoms with Gasteiger partial charge in [-0.1, -0.05) is 43.3 Å². The maximum absolute atomic E-state index is 2.35. The molecule has 2 aromatic carbocycles. The van der Waals surface area contributed by atoms with Gasteiger partial charge in [-0.25, -0.2) is 0 Å². The van der Waals surface area contributed by atoms with Crippen LogP contribution in [-0.4, -0.2) is 0 Å². The Labute approximate surface area is 122 Å². The second-order valence-electron chi connectivity index (χ2n) is 5.66. The van der Waals surface area contributed by atoms with E-state index in [0.29, 0.717) is 0 Å². The number of allylic oxidation sites excluding steroid dienone is 1. The van der Waals surface area contributed by atoms with Gasteiger partial charge in [-0.3, -0.25) is 0 Å². The second-order valence-corrected chi connectivity index (χ2v) is 5.66. The largest absolute Gasteiger partial charge is 0.0642 e. The monoisotopic (exact) mass is 261 g/mol. The molecule has 0 spiro atoms. The fourth-order valence-corrected chi connectivity index (χ4v) is 3.15. The van der Waals surface area contributed by atoms with Gasteiger partial charge in [0.2, 0.25) is 0 Å². The van der Waals surface area contributed by atoms with Crippen LogP contribution in [0, 0.1) is 26.7 Å². The van der Waals surface area contributed by atoms with Crippen LogP contribution in [0.15, 0.2) is 36.4 Å². The van der Waals surface area contributed by atoms with E-state index in [1.165, 1.54) is 44.9 Å². The van der Waals surface area contributed by atoms with E-state index < -0.39 is 0 Å². The summed E-state index contributed by atoms with van der Waals surface area (Å²) in [4.78, 5) is 0. The van der Waals surface area contributed by atoms with Crippen LogP contribution in [0.25, 0.3) is 11.6 Å². The number of hydrogen-bond acceptors (Lipinski definition) is 0. The topological polar surface area (TPSA) is 0 Å². The zero-order valence-electron chi connectivity index (χ0n) is 12.7. The molecule has 0 bridgehead atoms. The van der Waals surface area contributed by atoms with Crippen LogP contribution in [0.5, 0.6) is 0 Å². The van der Waals surface area contributed by atoms with Crippen molar-refractivity contribution in [3.63, 3.8) is 0 Å². The van der Waals surface area contributed by atoms with Crippen molar-refractivity contribution in [1.82, 2.24) is 0 Å². The van der Waals surface area contributed by atoms with Crippen molar-refractivity contribution in [3.05, 3.63) is 75.7 Å². The third-order valence-corrected chi connectivity index (χ3v) is 4.61. The van der Waals surface area contributed by atoms with Gasteiger partial charge in [-0.15, -0.1) is 0 Å². The molecule has 0 heteroatoms. The van der Waals surface area contributed by atoms with Crippen LogP contribution >= 0.6 is 0 Å². The number of hydrogen-bond donors (Lipinski definition) is 0. The van der Waals surface area contributed by atoms with Crippen LogP contribution in [0.2, 0.25) is 0 Å². The molecule has 0 aliphatic heterocycles. The predicted molar refractivity (Wildman–Crippen MR) is 87.6 cm³/mol. The second kappa shape index (κ2) is 4.94. The molecule has 1 aliphatic rings. The summed E-state index contributed by atoms with van der Waals surface area (Å²) >= 11 is 0. The molecular formula is C20H21. The Morgan fingerprint density at radius 2 is 1.55 bits per heavy atom. The predicted octanol–water partition coefficient (Wildman–Crippen LogP) is 5.50. The van der Waals surface area contributed by atoms with Gasteiger partial charge in [0.15, 0.2) is 0 Å². The van der Waals surface area contributed by atoms with Gasteiger partial charge in [0.25, 0.3) is 0 Å². The summed E-state index contributed by atoms with van der Waals surface area (Å²) in [5.74, 6) is 1.48. The number of fused-ring (bicyclic) bond motifs is 1. The van der Waals surface area contributed by atoms with Crippen molar-refractivity contribution in [1.29, 1.82) is 0 Å². The molecule has 0 nitrogen and oxygen atoms in total. The molecule has 0 N–H and O–H groups in total. The SMILES string of the molecule is CC[C]1C(c2ccc(C)c(C)c2C)=Cc2ccccc21.